The molecule has 0 saturated carbocycles. The van der Waals surface area contributed by atoms with Crippen molar-refractivity contribution in [3.8, 4) is 0 Å². The van der Waals surface area contributed by atoms with E-state index in [0.717, 1.165) is 25.7 Å². The van der Waals surface area contributed by atoms with Crippen LogP contribution in [0.2, 0.25) is 0 Å². The van der Waals surface area contributed by atoms with Gasteiger partial charge in [-0.15, -0.1) is 0 Å². The Balaban J connectivity index is 1.83. The average molecular weight is 357 g/mol. The molecule has 1 fully saturated rings. The molecule has 1 aromatic carbocycles. The minimum Gasteiger partial charge on any atom is -0.376 e. The third kappa shape index (κ3) is 5.45. The number of hydrogen-bond acceptors (Lipinski definition) is 5. The second-order valence-electron chi connectivity index (χ2n) is 5.22. The van der Waals surface area contributed by atoms with Crippen LogP contribution in [0, 0.1) is 0 Å². The fourth-order valence-corrected chi connectivity index (χ4v) is 2.91. The molecule has 1 aliphatic heterocycles. The third-order valence-electron chi connectivity index (χ3n) is 3.33. The summed E-state index contributed by atoms with van der Waals surface area (Å²) < 4.78 is 28.4. The zero-order valence-electron chi connectivity index (χ0n) is 12.7. The van der Waals surface area contributed by atoms with Gasteiger partial charge in [0, 0.05) is 25.0 Å². The van der Waals surface area contributed by atoms with Crippen LogP contribution in [0.5, 0.6) is 0 Å². The first kappa shape index (κ1) is 17.6. The van der Waals surface area contributed by atoms with E-state index in [2.05, 4.69) is 16.2 Å². The Hall–Kier alpha value is -1.71. The summed E-state index contributed by atoms with van der Waals surface area (Å²) in [6.45, 7) is 1.34. The number of ether oxygens (including phenoxy) is 1. The lowest BCUT2D eigenvalue weighted by Crippen LogP contribution is -2.48. The van der Waals surface area contributed by atoms with Crippen LogP contribution in [-0.4, -0.2) is 44.9 Å². The van der Waals surface area contributed by atoms with Crippen LogP contribution in [0.4, 0.5) is 0 Å². The van der Waals surface area contributed by atoms with E-state index in [4.69, 9.17) is 17.0 Å². The van der Waals surface area contributed by atoms with Crippen molar-refractivity contribution >= 4 is 33.1 Å². The number of carbonyl (C=O) groups excluding carboxylic acids is 1. The molecule has 1 heterocycles. The lowest BCUT2D eigenvalue weighted by Gasteiger charge is -2.14. The lowest BCUT2D eigenvalue weighted by atomic mass is 10.2. The number of sulfone groups is 1. The number of hydrogen-bond donors (Lipinski definition) is 3. The molecule has 0 unspecified atom stereocenters. The van der Waals surface area contributed by atoms with Crippen molar-refractivity contribution in [2.24, 2.45) is 0 Å². The second-order valence-corrected chi connectivity index (χ2v) is 7.65. The Morgan fingerprint density at radius 1 is 1.39 bits per heavy atom. The highest BCUT2D eigenvalue weighted by atomic mass is 32.2. The molecule has 1 aromatic rings. The first-order valence-electron chi connectivity index (χ1n) is 7.12. The molecule has 7 nitrogen and oxygen atoms in total. The Morgan fingerprint density at radius 2 is 2.17 bits per heavy atom. The molecule has 0 spiro atoms. The van der Waals surface area contributed by atoms with Crippen molar-refractivity contribution in [1.82, 2.24) is 16.2 Å². The summed E-state index contributed by atoms with van der Waals surface area (Å²) >= 11 is 5.05. The zero-order valence-corrected chi connectivity index (χ0v) is 14.3. The average Bonchev–Trinajstić information content (AvgIpc) is 3.03. The zero-order chi connectivity index (χ0) is 16.9. The normalized spacial score (nSPS) is 17.5. The molecule has 3 N–H and O–H groups in total. The van der Waals surface area contributed by atoms with Gasteiger partial charge in [0.05, 0.1) is 11.0 Å². The minimum absolute atomic E-state index is 0.0873. The molecule has 23 heavy (non-hydrogen) atoms. The number of rotatable bonds is 4. The van der Waals surface area contributed by atoms with Crippen molar-refractivity contribution in [2.45, 2.75) is 23.8 Å². The maximum atomic E-state index is 12.0. The van der Waals surface area contributed by atoms with Crippen molar-refractivity contribution in [1.29, 1.82) is 0 Å². The van der Waals surface area contributed by atoms with E-state index in [-0.39, 0.29) is 21.7 Å². The standard InChI is InChI=1S/C14H19N3O4S2/c1-23(19,20)12-6-2-4-10(8-12)13(18)16-17-14(22)15-9-11-5-3-7-21-11/h2,4,6,8,11H,3,5,7,9H2,1H3,(H,16,18)(H2,15,17,22)/t11-/m0/s1. The van der Waals surface area contributed by atoms with Gasteiger partial charge in [-0.05, 0) is 43.3 Å². The van der Waals surface area contributed by atoms with E-state index in [9.17, 15) is 13.2 Å². The Morgan fingerprint density at radius 3 is 2.83 bits per heavy atom. The number of thiocarbonyl (C=S) groups is 1. The van der Waals surface area contributed by atoms with E-state index in [1.807, 2.05) is 0 Å². The SMILES string of the molecule is CS(=O)(=O)c1cccc(C(=O)NNC(=S)NC[C@@H]2CCCO2)c1. The maximum Gasteiger partial charge on any atom is 0.269 e. The van der Waals surface area contributed by atoms with Gasteiger partial charge in [-0.1, -0.05) is 6.07 Å². The van der Waals surface area contributed by atoms with Gasteiger partial charge in [0.25, 0.3) is 5.91 Å². The molecule has 1 aliphatic rings. The Kier molecular flexibility index (Phi) is 5.91. The van der Waals surface area contributed by atoms with E-state index in [1.54, 1.807) is 0 Å². The predicted octanol–water partition coefficient (Wildman–Crippen LogP) is 0.378. The molecule has 126 valence electrons. The van der Waals surface area contributed by atoms with Crippen LogP contribution in [0.15, 0.2) is 29.2 Å². The molecule has 0 aliphatic carbocycles. The summed E-state index contributed by atoms with van der Waals surface area (Å²) in [5.41, 5.74) is 5.23. The molecule has 1 saturated heterocycles. The highest BCUT2D eigenvalue weighted by Gasteiger charge is 2.15. The lowest BCUT2D eigenvalue weighted by molar-refractivity contribution is 0.0943. The second kappa shape index (κ2) is 7.71. The van der Waals surface area contributed by atoms with Gasteiger partial charge in [-0.2, -0.15) is 0 Å². The van der Waals surface area contributed by atoms with E-state index in [0.29, 0.717) is 6.54 Å². The summed E-state index contributed by atoms with van der Waals surface area (Å²) in [5.74, 6) is -0.475. The highest BCUT2D eigenvalue weighted by molar-refractivity contribution is 7.90. The third-order valence-corrected chi connectivity index (χ3v) is 4.68. The van der Waals surface area contributed by atoms with Gasteiger partial charge >= 0.3 is 0 Å². The summed E-state index contributed by atoms with van der Waals surface area (Å²) in [6, 6.07) is 5.79. The van der Waals surface area contributed by atoms with Crippen LogP contribution < -0.4 is 16.2 Å². The Bertz CT molecular complexity index is 685. The minimum atomic E-state index is -3.36. The topological polar surface area (TPSA) is 96.5 Å². The monoisotopic (exact) mass is 357 g/mol. The number of amides is 1. The molecule has 0 aromatic heterocycles. The highest BCUT2D eigenvalue weighted by Crippen LogP contribution is 2.11. The van der Waals surface area contributed by atoms with Gasteiger partial charge in [-0.25, -0.2) is 8.42 Å². The van der Waals surface area contributed by atoms with Crippen LogP contribution in [0.1, 0.15) is 23.2 Å². The van der Waals surface area contributed by atoms with Crippen LogP contribution in [0.25, 0.3) is 0 Å². The molecule has 1 amide bonds. The number of carbonyl (C=O) groups is 1. The molecule has 0 bridgehead atoms. The van der Waals surface area contributed by atoms with Gasteiger partial charge < -0.3 is 10.1 Å². The fourth-order valence-electron chi connectivity index (χ4n) is 2.11. The number of nitrogens with one attached hydrogen (secondary N) is 3. The van der Waals surface area contributed by atoms with Crippen LogP contribution in [-0.2, 0) is 14.6 Å². The van der Waals surface area contributed by atoms with Crippen molar-refractivity contribution in [3.63, 3.8) is 0 Å². The largest absolute Gasteiger partial charge is 0.376 e. The molecule has 0 radical (unpaired) electrons. The van der Waals surface area contributed by atoms with Crippen LogP contribution >= 0.6 is 12.2 Å². The van der Waals surface area contributed by atoms with E-state index < -0.39 is 15.7 Å². The molecule has 2 rings (SSSR count). The van der Waals surface area contributed by atoms with E-state index in [1.165, 1.54) is 24.3 Å². The number of benzene rings is 1. The number of hydrazine groups is 1. The Labute approximate surface area is 140 Å². The summed E-state index contributed by atoms with van der Waals surface area (Å²) in [7, 11) is -3.36. The fraction of sp³-hybridized carbons (Fsp3) is 0.429. The summed E-state index contributed by atoms with van der Waals surface area (Å²) in [5, 5.41) is 3.22. The van der Waals surface area contributed by atoms with Crippen molar-refractivity contribution < 1.29 is 17.9 Å². The van der Waals surface area contributed by atoms with Crippen molar-refractivity contribution in [3.05, 3.63) is 29.8 Å². The summed E-state index contributed by atoms with van der Waals surface area (Å²) in [6.07, 6.45) is 3.25. The first-order valence-corrected chi connectivity index (χ1v) is 9.42. The molecule has 9 heteroatoms. The smallest absolute Gasteiger partial charge is 0.269 e. The molecular weight excluding hydrogens is 338 g/mol. The quantitative estimate of drug-likeness (QED) is 0.529. The predicted molar refractivity (Wildman–Crippen MR) is 89.7 cm³/mol. The summed E-state index contributed by atoms with van der Waals surface area (Å²) in [4.78, 5) is 12.1. The van der Waals surface area contributed by atoms with Crippen molar-refractivity contribution in [2.75, 3.05) is 19.4 Å². The van der Waals surface area contributed by atoms with Crippen LogP contribution in [0.3, 0.4) is 0 Å². The van der Waals surface area contributed by atoms with Gasteiger partial charge in [-0.3, -0.25) is 15.6 Å². The maximum absolute atomic E-state index is 12.0. The van der Waals surface area contributed by atoms with E-state index >= 15 is 0 Å². The molecular formula is C14H19N3O4S2. The van der Waals surface area contributed by atoms with Gasteiger partial charge in [0.15, 0.2) is 14.9 Å². The first-order chi connectivity index (χ1) is 10.9. The van der Waals surface area contributed by atoms with Gasteiger partial charge in [0.1, 0.15) is 0 Å². The van der Waals surface area contributed by atoms with Gasteiger partial charge in [0.2, 0.25) is 0 Å². The molecule has 1 atom stereocenters.